The largest absolute Gasteiger partial charge is 0.489 e. The Morgan fingerprint density at radius 1 is 0.766 bits per heavy atom. The molecule has 1 aliphatic rings. The summed E-state index contributed by atoms with van der Waals surface area (Å²) in [6.45, 7) is 2.22. The zero-order valence-corrected chi connectivity index (χ0v) is 27.3. The number of esters is 1. The quantitative estimate of drug-likeness (QED) is 0.0818. The summed E-state index contributed by atoms with van der Waals surface area (Å²) in [5.74, 6) is 0.580. The summed E-state index contributed by atoms with van der Waals surface area (Å²) in [5, 5.41) is 0. The Kier molecular flexibility index (Phi) is 9.64. The first-order valence-electron chi connectivity index (χ1n) is 15.6. The molecule has 0 radical (unpaired) electrons. The highest BCUT2D eigenvalue weighted by Gasteiger charge is 2.51. The normalized spacial score (nSPS) is 15.5. The van der Waals surface area contributed by atoms with Gasteiger partial charge in [0.1, 0.15) is 24.5 Å². The van der Waals surface area contributed by atoms with Crippen LogP contribution in [-0.2, 0) is 32.0 Å². The second kappa shape index (κ2) is 14.2. The summed E-state index contributed by atoms with van der Waals surface area (Å²) in [5.41, 5.74) is 4.57. The molecule has 1 aliphatic heterocycles. The molecule has 0 bridgehead atoms. The second-order valence-corrected chi connectivity index (χ2v) is 12.9. The number of nitrogens with zero attached hydrogens (tertiary/aromatic N) is 1. The van der Waals surface area contributed by atoms with Gasteiger partial charge in [-0.05, 0) is 40.8 Å². The van der Waals surface area contributed by atoms with Crippen LogP contribution in [0.15, 0.2) is 140 Å². The second-order valence-electron chi connectivity index (χ2n) is 11.6. The van der Waals surface area contributed by atoms with Crippen LogP contribution < -0.4 is 9.64 Å². The van der Waals surface area contributed by atoms with Crippen molar-refractivity contribution < 1.29 is 23.8 Å². The fourth-order valence-corrected chi connectivity index (χ4v) is 7.67. The van der Waals surface area contributed by atoms with Gasteiger partial charge in [-0.1, -0.05) is 127 Å². The lowest BCUT2D eigenvalue weighted by molar-refractivity contribution is -0.146. The van der Waals surface area contributed by atoms with E-state index in [0.29, 0.717) is 30.2 Å². The minimum atomic E-state index is -1.26. The maximum absolute atomic E-state index is 13.9. The fraction of sp³-hybridized carbons (Fsp3) is 0.200. The SMILES string of the molecule is COC(=O)C1(C)Cc2ccc(OCc3ccccc3)cc2N1C(=O)OCCSC(c1ccccc1)(c1ccccc1)c1ccccc1. The number of carbonyl (C=O) groups excluding carboxylic acids is 2. The lowest BCUT2D eigenvalue weighted by Crippen LogP contribution is -2.54. The van der Waals surface area contributed by atoms with Crippen molar-refractivity contribution in [3.05, 3.63) is 167 Å². The minimum Gasteiger partial charge on any atom is -0.489 e. The van der Waals surface area contributed by atoms with Gasteiger partial charge < -0.3 is 14.2 Å². The van der Waals surface area contributed by atoms with Crippen molar-refractivity contribution in [2.24, 2.45) is 0 Å². The molecular weight excluding hydrogens is 607 g/mol. The molecule has 0 saturated carbocycles. The summed E-state index contributed by atoms with van der Waals surface area (Å²) in [7, 11) is 1.33. The number of hydrogen-bond acceptors (Lipinski definition) is 6. The van der Waals surface area contributed by atoms with Crippen LogP contribution in [0.5, 0.6) is 5.75 Å². The van der Waals surface area contributed by atoms with Crippen LogP contribution in [0, 0.1) is 0 Å². The molecule has 0 N–H and O–H groups in total. The van der Waals surface area contributed by atoms with E-state index < -0.39 is 22.3 Å². The van der Waals surface area contributed by atoms with Crippen LogP contribution >= 0.6 is 11.8 Å². The van der Waals surface area contributed by atoms with Crippen molar-refractivity contribution in [3.8, 4) is 5.75 Å². The number of fused-ring (bicyclic) bond motifs is 1. The Balaban J connectivity index is 1.24. The fourth-order valence-electron chi connectivity index (χ4n) is 6.29. The highest BCUT2D eigenvalue weighted by molar-refractivity contribution is 8.00. The molecule has 7 heteroatoms. The molecule has 1 amide bonds. The van der Waals surface area contributed by atoms with Crippen molar-refractivity contribution in [1.29, 1.82) is 0 Å². The number of hydrogen-bond donors (Lipinski definition) is 0. The molecule has 0 saturated heterocycles. The predicted molar refractivity (Wildman–Crippen MR) is 187 cm³/mol. The van der Waals surface area contributed by atoms with E-state index in [1.807, 2.05) is 97.1 Å². The topological polar surface area (TPSA) is 65.1 Å². The first kappa shape index (κ1) is 32.0. The van der Waals surface area contributed by atoms with Crippen LogP contribution in [0.1, 0.15) is 34.7 Å². The van der Waals surface area contributed by atoms with Crippen LogP contribution in [0.4, 0.5) is 10.5 Å². The maximum atomic E-state index is 13.9. The molecule has 1 unspecified atom stereocenters. The lowest BCUT2D eigenvalue weighted by atomic mass is 9.84. The highest BCUT2D eigenvalue weighted by atomic mass is 32.2. The smallest absolute Gasteiger partial charge is 0.415 e. The summed E-state index contributed by atoms with van der Waals surface area (Å²) < 4.78 is 16.7. The Hall–Kier alpha value is -5.01. The number of anilines is 1. The third-order valence-electron chi connectivity index (χ3n) is 8.55. The van der Waals surface area contributed by atoms with Gasteiger partial charge in [-0.25, -0.2) is 9.59 Å². The summed E-state index contributed by atoms with van der Waals surface area (Å²) in [6, 6.07) is 46.6. The molecule has 6 rings (SSSR count). The molecule has 47 heavy (non-hydrogen) atoms. The number of benzene rings is 5. The van der Waals surface area contributed by atoms with E-state index in [9.17, 15) is 9.59 Å². The summed E-state index contributed by atoms with van der Waals surface area (Å²) >= 11 is 1.71. The van der Waals surface area contributed by atoms with E-state index in [1.54, 1.807) is 24.8 Å². The number of rotatable bonds is 11. The zero-order chi connectivity index (χ0) is 32.7. The van der Waals surface area contributed by atoms with Gasteiger partial charge in [-0.3, -0.25) is 4.90 Å². The van der Waals surface area contributed by atoms with Gasteiger partial charge in [0, 0.05) is 18.2 Å². The van der Waals surface area contributed by atoms with E-state index in [0.717, 1.165) is 27.8 Å². The van der Waals surface area contributed by atoms with Crippen molar-refractivity contribution in [2.75, 3.05) is 24.4 Å². The van der Waals surface area contributed by atoms with Crippen LogP contribution in [-0.4, -0.2) is 37.1 Å². The van der Waals surface area contributed by atoms with Crippen LogP contribution in [0.2, 0.25) is 0 Å². The molecule has 5 aromatic rings. The van der Waals surface area contributed by atoms with Gasteiger partial charge in [-0.2, -0.15) is 0 Å². The highest BCUT2D eigenvalue weighted by Crippen LogP contribution is 2.48. The molecule has 1 atom stereocenters. The monoisotopic (exact) mass is 643 g/mol. The minimum absolute atomic E-state index is 0.130. The maximum Gasteiger partial charge on any atom is 0.415 e. The third-order valence-corrected chi connectivity index (χ3v) is 10.1. The van der Waals surface area contributed by atoms with Crippen molar-refractivity contribution in [3.63, 3.8) is 0 Å². The zero-order valence-electron chi connectivity index (χ0n) is 26.5. The van der Waals surface area contributed by atoms with Gasteiger partial charge in [-0.15, -0.1) is 11.8 Å². The van der Waals surface area contributed by atoms with E-state index in [1.165, 1.54) is 12.0 Å². The number of carbonyl (C=O) groups is 2. The first-order valence-corrected chi connectivity index (χ1v) is 16.6. The van der Waals surface area contributed by atoms with Gasteiger partial charge in [0.15, 0.2) is 0 Å². The number of methoxy groups -OCH3 is 1. The van der Waals surface area contributed by atoms with E-state index in [4.69, 9.17) is 14.2 Å². The molecule has 5 aromatic carbocycles. The van der Waals surface area contributed by atoms with Gasteiger partial charge in [0.2, 0.25) is 0 Å². The Labute approximate surface area is 280 Å². The van der Waals surface area contributed by atoms with Crippen LogP contribution in [0.3, 0.4) is 0 Å². The molecule has 0 fully saturated rings. The average Bonchev–Trinajstić information content (AvgIpc) is 3.44. The first-order chi connectivity index (χ1) is 23.0. The molecule has 6 nitrogen and oxygen atoms in total. The third kappa shape index (κ3) is 6.49. The predicted octanol–water partition coefficient (Wildman–Crippen LogP) is 8.42. The average molecular weight is 644 g/mol. The van der Waals surface area contributed by atoms with Gasteiger partial charge in [0.05, 0.1) is 17.5 Å². The Morgan fingerprint density at radius 2 is 1.30 bits per heavy atom. The van der Waals surface area contributed by atoms with Crippen molar-refractivity contribution in [1.82, 2.24) is 0 Å². The van der Waals surface area contributed by atoms with Crippen LogP contribution in [0.25, 0.3) is 0 Å². The lowest BCUT2D eigenvalue weighted by Gasteiger charge is -2.36. The molecule has 238 valence electrons. The molecule has 0 spiro atoms. The molecule has 0 aliphatic carbocycles. The van der Waals surface area contributed by atoms with Crippen molar-refractivity contribution in [2.45, 2.75) is 30.2 Å². The number of ether oxygens (including phenoxy) is 3. The Morgan fingerprint density at radius 3 is 1.83 bits per heavy atom. The van der Waals surface area contributed by atoms with E-state index in [-0.39, 0.29) is 6.61 Å². The summed E-state index contributed by atoms with van der Waals surface area (Å²) in [6.07, 6.45) is -0.307. The Bertz CT molecular complexity index is 1700. The van der Waals surface area contributed by atoms with Gasteiger partial charge >= 0.3 is 12.1 Å². The number of amides is 1. The molecular formula is C40H37NO5S. The molecule has 1 heterocycles. The summed E-state index contributed by atoms with van der Waals surface area (Å²) in [4.78, 5) is 28.5. The number of thioether (sulfide) groups is 1. The van der Waals surface area contributed by atoms with Crippen molar-refractivity contribution >= 4 is 29.5 Å². The van der Waals surface area contributed by atoms with Gasteiger partial charge in [0.25, 0.3) is 0 Å². The van der Waals surface area contributed by atoms with E-state index >= 15 is 0 Å². The molecule has 0 aromatic heterocycles. The standard InChI is InChI=1S/C40H37NO5S/c1-39(37(42)44-2)28-31-23-24-35(46-29-30-15-7-3-8-16-30)27-36(31)41(39)38(43)45-25-26-47-40(32-17-9-4-10-18-32,33-19-11-5-12-20-33)34-21-13-6-14-22-34/h3-24,27H,25-26,28-29H2,1-2H3. The van der Waals surface area contributed by atoms with E-state index in [2.05, 4.69) is 36.4 Å².